The number of piperidine rings is 1. The second-order valence-electron chi connectivity index (χ2n) is 6.80. The Hall–Kier alpha value is -2.80. The monoisotopic (exact) mass is 351 g/mol. The minimum Gasteiger partial charge on any atom is -0.441 e. The average Bonchev–Trinajstić information content (AvgIpc) is 3.08. The first-order valence-corrected chi connectivity index (χ1v) is 8.76. The zero-order valence-electron chi connectivity index (χ0n) is 14.9. The van der Waals surface area contributed by atoms with Crippen molar-refractivity contribution >= 4 is 22.6 Å². The van der Waals surface area contributed by atoms with Gasteiger partial charge in [0.05, 0.1) is 17.9 Å². The van der Waals surface area contributed by atoms with Crippen molar-refractivity contribution in [3.05, 3.63) is 36.6 Å². The van der Waals surface area contributed by atoms with E-state index in [4.69, 9.17) is 4.42 Å². The Balaban J connectivity index is 1.55. The van der Waals surface area contributed by atoms with Gasteiger partial charge in [-0.05, 0) is 45.1 Å². The Labute approximate surface area is 151 Å². The topological polar surface area (TPSA) is 84.2 Å². The molecular weight excluding hydrogens is 330 g/mol. The van der Waals surface area contributed by atoms with Crippen LogP contribution < -0.4 is 5.32 Å². The van der Waals surface area contributed by atoms with Gasteiger partial charge in [-0.2, -0.15) is 0 Å². The van der Waals surface area contributed by atoms with E-state index in [0.717, 1.165) is 42.4 Å². The molecule has 1 amide bonds. The molecule has 1 aliphatic rings. The Bertz CT molecular complexity index is 944. The molecule has 3 aromatic rings. The largest absolute Gasteiger partial charge is 0.441 e. The van der Waals surface area contributed by atoms with Crippen LogP contribution in [0.5, 0.6) is 0 Å². The van der Waals surface area contributed by atoms with E-state index >= 15 is 0 Å². The van der Waals surface area contributed by atoms with Crippen LogP contribution in [0.1, 0.15) is 18.7 Å². The zero-order chi connectivity index (χ0) is 18.1. The van der Waals surface area contributed by atoms with E-state index < -0.39 is 0 Å². The SMILES string of the molecule is Cc1ncc(-c2cnc3cnc(NC(=O)C4CCN(C)CC4)cc3c2)o1. The predicted octanol–water partition coefficient (Wildman–Crippen LogP) is 2.87. The van der Waals surface area contributed by atoms with Crippen LogP contribution in [0.15, 0.2) is 35.1 Å². The highest BCUT2D eigenvalue weighted by atomic mass is 16.4. The molecule has 0 aromatic carbocycles. The van der Waals surface area contributed by atoms with E-state index in [-0.39, 0.29) is 11.8 Å². The molecule has 7 heteroatoms. The van der Waals surface area contributed by atoms with Crippen LogP contribution in [0.2, 0.25) is 0 Å². The van der Waals surface area contributed by atoms with Gasteiger partial charge >= 0.3 is 0 Å². The summed E-state index contributed by atoms with van der Waals surface area (Å²) in [4.78, 5) is 27.6. The van der Waals surface area contributed by atoms with Gasteiger partial charge < -0.3 is 14.6 Å². The summed E-state index contributed by atoms with van der Waals surface area (Å²) in [6, 6.07) is 3.82. The quantitative estimate of drug-likeness (QED) is 0.781. The number of pyridine rings is 2. The molecular formula is C19H21N5O2. The molecule has 4 heterocycles. The fraction of sp³-hybridized carbons (Fsp3) is 0.368. The summed E-state index contributed by atoms with van der Waals surface area (Å²) in [5.74, 6) is 1.92. The van der Waals surface area contributed by atoms with Crippen molar-refractivity contribution in [3.8, 4) is 11.3 Å². The molecule has 1 N–H and O–H groups in total. The van der Waals surface area contributed by atoms with Crippen LogP contribution >= 0.6 is 0 Å². The second-order valence-corrected chi connectivity index (χ2v) is 6.80. The lowest BCUT2D eigenvalue weighted by Gasteiger charge is -2.27. The number of aryl methyl sites for hydroxylation is 1. The molecule has 0 bridgehead atoms. The van der Waals surface area contributed by atoms with Crippen molar-refractivity contribution < 1.29 is 9.21 Å². The standard InChI is InChI=1S/C19H21N5O2/c1-12-20-11-17(26-12)15-7-14-8-18(22-10-16(14)21-9-15)23-19(25)13-3-5-24(2)6-4-13/h7-11,13H,3-6H2,1-2H3,(H,22,23,25). The molecule has 3 aromatic heterocycles. The fourth-order valence-corrected chi connectivity index (χ4v) is 3.23. The summed E-state index contributed by atoms with van der Waals surface area (Å²) >= 11 is 0. The van der Waals surface area contributed by atoms with Gasteiger partial charge in [0, 0.05) is 30.0 Å². The molecule has 4 rings (SSSR count). The summed E-state index contributed by atoms with van der Waals surface area (Å²) in [6.45, 7) is 3.71. The van der Waals surface area contributed by atoms with Crippen molar-refractivity contribution in [1.29, 1.82) is 0 Å². The molecule has 1 aliphatic heterocycles. The van der Waals surface area contributed by atoms with Crippen molar-refractivity contribution in [2.24, 2.45) is 5.92 Å². The highest BCUT2D eigenvalue weighted by Gasteiger charge is 2.23. The molecule has 0 aliphatic carbocycles. The van der Waals surface area contributed by atoms with Gasteiger partial charge in [0.25, 0.3) is 0 Å². The van der Waals surface area contributed by atoms with Crippen LogP contribution in [-0.4, -0.2) is 45.9 Å². The Kier molecular flexibility index (Phi) is 4.38. The van der Waals surface area contributed by atoms with Gasteiger partial charge in [-0.1, -0.05) is 0 Å². The van der Waals surface area contributed by atoms with Crippen LogP contribution in [0.4, 0.5) is 5.82 Å². The van der Waals surface area contributed by atoms with E-state index in [1.54, 1.807) is 25.5 Å². The van der Waals surface area contributed by atoms with Gasteiger partial charge in [-0.15, -0.1) is 0 Å². The third-order valence-corrected chi connectivity index (χ3v) is 4.81. The molecule has 1 saturated heterocycles. The maximum absolute atomic E-state index is 12.5. The van der Waals surface area contributed by atoms with Gasteiger partial charge in [0.2, 0.25) is 5.91 Å². The number of fused-ring (bicyclic) bond motifs is 1. The van der Waals surface area contributed by atoms with Gasteiger partial charge in [-0.3, -0.25) is 9.78 Å². The first kappa shape index (κ1) is 16.7. The number of carbonyl (C=O) groups excluding carboxylic acids is 1. The molecule has 0 saturated carbocycles. The number of hydrogen-bond acceptors (Lipinski definition) is 6. The summed E-state index contributed by atoms with van der Waals surface area (Å²) in [7, 11) is 2.08. The number of oxazole rings is 1. The second kappa shape index (κ2) is 6.84. The summed E-state index contributed by atoms with van der Waals surface area (Å²) in [5.41, 5.74) is 1.61. The number of likely N-dealkylation sites (tertiary alicyclic amines) is 1. The summed E-state index contributed by atoms with van der Waals surface area (Å²) < 4.78 is 5.56. The van der Waals surface area contributed by atoms with Gasteiger partial charge in [0.15, 0.2) is 11.7 Å². The van der Waals surface area contributed by atoms with Crippen molar-refractivity contribution in [3.63, 3.8) is 0 Å². The molecule has 0 radical (unpaired) electrons. The van der Waals surface area contributed by atoms with Crippen LogP contribution in [0.3, 0.4) is 0 Å². The van der Waals surface area contributed by atoms with Crippen molar-refractivity contribution in [1.82, 2.24) is 19.9 Å². The van der Waals surface area contributed by atoms with Gasteiger partial charge in [0.1, 0.15) is 5.82 Å². The molecule has 26 heavy (non-hydrogen) atoms. The number of anilines is 1. The third-order valence-electron chi connectivity index (χ3n) is 4.81. The van der Waals surface area contributed by atoms with E-state index in [1.807, 2.05) is 12.1 Å². The van der Waals surface area contributed by atoms with Crippen molar-refractivity contribution in [2.75, 3.05) is 25.5 Å². The predicted molar refractivity (Wildman–Crippen MR) is 98.6 cm³/mol. The lowest BCUT2D eigenvalue weighted by Crippen LogP contribution is -2.36. The van der Waals surface area contributed by atoms with Crippen LogP contribution in [0.25, 0.3) is 22.2 Å². The highest BCUT2D eigenvalue weighted by molar-refractivity contribution is 5.94. The first-order chi connectivity index (χ1) is 12.6. The lowest BCUT2D eigenvalue weighted by molar-refractivity contribution is -0.121. The van der Waals surface area contributed by atoms with E-state index in [0.29, 0.717) is 17.5 Å². The summed E-state index contributed by atoms with van der Waals surface area (Å²) in [6.07, 6.45) is 6.86. The Morgan fingerprint density at radius 2 is 1.96 bits per heavy atom. The number of nitrogens with one attached hydrogen (secondary N) is 1. The van der Waals surface area contributed by atoms with Crippen molar-refractivity contribution in [2.45, 2.75) is 19.8 Å². The Morgan fingerprint density at radius 1 is 1.15 bits per heavy atom. The number of hydrogen-bond donors (Lipinski definition) is 1. The minimum atomic E-state index is 0.0416. The number of aromatic nitrogens is 3. The van der Waals surface area contributed by atoms with Crippen LogP contribution in [0, 0.1) is 12.8 Å². The zero-order valence-corrected chi connectivity index (χ0v) is 14.9. The average molecular weight is 351 g/mol. The molecule has 0 unspecified atom stereocenters. The molecule has 0 atom stereocenters. The smallest absolute Gasteiger partial charge is 0.228 e. The number of nitrogens with zero attached hydrogens (tertiary/aromatic N) is 4. The minimum absolute atomic E-state index is 0.0416. The molecule has 134 valence electrons. The lowest BCUT2D eigenvalue weighted by atomic mass is 9.96. The maximum atomic E-state index is 12.5. The van der Waals surface area contributed by atoms with Gasteiger partial charge in [-0.25, -0.2) is 9.97 Å². The number of rotatable bonds is 3. The number of amides is 1. The molecule has 7 nitrogen and oxygen atoms in total. The van der Waals surface area contributed by atoms with Crippen LogP contribution in [-0.2, 0) is 4.79 Å². The van der Waals surface area contributed by atoms with E-state index in [1.165, 1.54) is 0 Å². The first-order valence-electron chi connectivity index (χ1n) is 8.76. The number of carbonyl (C=O) groups is 1. The van der Waals surface area contributed by atoms with E-state index in [2.05, 4.69) is 32.2 Å². The van der Waals surface area contributed by atoms with E-state index in [9.17, 15) is 4.79 Å². The molecule has 0 spiro atoms. The third kappa shape index (κ3) is 3.43. The molecule has 1 fully saturated rings. The summed E-state index contributed by atoms with van der Waals surface area (Å²) in [5, 5.41) is 3.84. The Morgan fingerprint density at radius 3 is 2.69 bits per heavy atom. The highest BCUT2D eigenvalue weighted by Crippen LogP contribution is 2.25. The maximum Gasteiger partial charge on any atom is 0.228 e. The fourth-order valence-electron chi connectivity index (χ4n) is 3.23. The normalized spacial score (nSPS) is 16.1.